The number of thiazole rings is 1. The van der Waals surface area contributed by atoms with Crippen LogP contribution in [0.5, 0.6) is 0 Å². The Balaban J connectivity index is 2.28. The molecule has 0 saturated heterocycles. The van der Waals surface area contributed by atoms with Gasteiger partial charge in [0.05, 0.1) is 5.69 Å². The molecule has 0 bridgehead atoms. The van der Waals surface area contributed by atoms with Gasteiger partial charge in [-0.05, 0) is 45.4 Å². The van der Waals surface area contributed by atoms with Gasteiger partial charge in [0, 0.05) is 28.9 Å². The van der Waals surface area contributed by atoms with E-state index < -0.39 is 0 Å². The Hall–Kier alpha value is -1.26. The Morgan fingerprint density at radius 3 is 2.84 bits per heavy atom. The molecule has 102 valence electrons. The normalized spacial score (nSPS) is 12.6. The lowest BCUT2D eigenvalue weighted by molar-refractivity contribution is 0.575. The number of rotatable bonds is 5. The number of aromatic nitrogens is 2. The zero-order valence-electron chi connectivity index (χ0n) is 12.0. The standard InChI is InChI=1S/C15H21N3S/c1-5-7-17-11(3)14-12(4)18-15(19-14)13-6-8-16-9-10(13)2/h6,8-9,11,17H,5,7H2,1-4H3. The maximum atomic E-state index is 4.72. The van der Waals surface area contributed by atoms with Crippen molar-refractivity contribution in [1.29, 1.82) is 0 Å². The van der Waals surface area contributed by atoms with Crippen LogP contribution in [0.4, 0.5) is 0 Å². The molecule has 3 nitrogen and oxygen atoms in total. The molecule has 2 aromatic heterocycles. The van der Waals surface area contributed by atoms with Crippen LogP contribution in [0.25, 0.3) is 10.6 Å². The highest BCUT2D eigenvalue weighted by Gasteiger charge is 2.15. The lowest BCUT2D eigenvalue weighted by Gasteiger charge is -2.11. The monoisotopic (exact) mass is 275 g/mol. The molecule has 2 aromatic rings. The molecule has 0 spiro atoms. The van der Waals surface area contributed by atoms with Crippen molar-refractivity contribution < 1.29 is 0 Å². The van der Waals surface area contributed by atoms with Crippen molar-refractivity contribution in [2.75, 3.05) is 6.54 Å². The van der Waals surface area contributed by atoms with Crippen molar-refractivity contribution in [3.8, 4) is 10.6 Å². The smallest absolute Gasteiger partial charge is 0.124 e. The van der Waals surface area contributed by atoms with E-state index in [2.05, 4.69) is 38.0 Å². The van der Waals surface area contributed by atoms with E-state index in [1.807, 2.05) is 18.5 Å². The summed E-state index contributed by atoms with van der Waals surface area (Å²) in [6, 6.07) is 2.41. The molecule has 0 aliphatic rings. The molecule has 0 aliphatic carbocycles. The number of aryl methyl sites for hydroxylation is 2. The zero-order valence-corrected chi connectivity index (χ0v) is 12.8. The van der Waals surface area contributed by atoms with E-state index in [-0.39, 0.29) is 0 Å². The molecule has 4 heteroatoms. The second-order valence-corrected chi connectivity index (χ2v) is 5.87. The molecule has 1 N–H and O–H groups in total. The highest BCUT2D eigenvalue weighted by atomic mass is 32.1. The van der Waals surface area contributed by atoms with Crippen LogP contribution in [-0.2, 0) is 0 Å². The first-order chi connectivity index (χ1) is 9.13. The quantitative estimate of drug-likeness (QED) is 0.899. The van der Waals surface area contributed by atoms with E-state index in [0.717, 1.165) is 23.7 Å². The van der Waals surface area contributed by atoms with Crippen LogP contribution in [0.2, 0.25) is 0 Å². The van der Waals surface area contributed by atoms with Crippen molar-refractivity contribution in [1.82, 2.24) is 15.3 Å². The molecule has 2 rings (SSSR count). The molecule has 0 fully saturated rings. The lowest BCUT2D eigenvalue weighted by atomic mass is 10.2. The Morgan fingerprint density at radius 2 is 2.16 bits per heavy atom. The Morgan fingerprint density at radius 1 is 1.37 bits per heavy atom. The largest absolute Gasteiger partial charge is 0.309 e. The fourth-order valence-corrected chi connectivity index (χ4v) is 3.28. The summed E-state index contributed by atoms with van der Waals surface area (Å²) in [5, 5.41) is 4.62. The van der Waals surface area contributed by atoms with E-state index in [1.54, 1.807) is 11.3 Å². The summed E-state index contributed by atoms with van der Waals surface area (Å²) >= 11 is 1.78. The van der Waals surface area contributed by atoms with Crippen LogP contribution in [0.15, 0.2) is 18.5 Å². The number of pyridine rings is 1. The first kappa shape index (κ1) is 14.2. The first-order valence-corrected chi connectivity index (χ1v) is 7.56. The predicted molar refractivity (Wildman–Crippen MR) is 81.5 cm³/mol. The third-order valence-electron chi connectivity index (χ3n) is 3.18. The van der Waals surface area contributed by atoms with Crippen molar-refractivity contribution in [3.05, 3.63) is 34.6 Å². The Labute approximate surface area is 119 Å². The van der Waals surface area contributed by atoms with Crippen LogP contribution >= 0.6 is 11.3 Å². The van der Waals surface area contributed by atoms with Gasteiger partial charge < -0.3 is 5.32 Å². The van der Waals surface area contributed by atoms with Gasteiger partial charge in [0.15, 0.2) is 0 Å². The summed E-state index contributed by atoms with van der Waals surface area (Å²) in [6.07, 6.45) is 4.88. The average Bonchev–Trinajstić information content (AvgIpc) is 2.78. The van der Waals surface area contributed by atoms with Crippen LogP contribution in [-0.4, -0.2) is 16.5 Å². The summed E-state index contributed by atoms with van der Waals surface area (Å²) in [6.45, 7) is 9.61. The molecule has 0 saturated carbocycles. The molecule has 0 aliphatic heterocycles. The predicted octanol–water partition coefficient (Wildman–Crippen LogP) is 3.88. The van der Waals surface area contributed by atoms with Crippen molar-refractivity contribution in [3.63, 3.8) is 0 Å². The van der Waals surface area contributed by atoms with Crippen molar-refractivity contribution in [2.24, 2.45) is 0 Å². The minimum Gasteiger partial charge on any atom is -0.309 e. The molecule has 2 heterocycles. The molecule has 0 radical (unpaired) electrons. The molecule has 19 heavy (non-hydrogen) atoms. The highest BCUT2D eigenvalue weighted by molar-refractivity contribution is 7.15. The number of nitrogens with one attached hydrogen (secondary N) is 1. The van der Waals surface area contributed by atoms with Crippen LogP contribution in [0.1, 0.15) is 42.4 Å². The van der Waals surface area contributed by atoms with E-state index in [4.69, 9.17) is 4.98 Å². The molecule has 1 atom stereocenters. The third-order valence-corrected chi connectivity index (χ3v) is 4.55. The summed E-state index contributed by atoms with van der Waals surface area (Å²) in [5.74, 6) is 0. The van der Waals surface area contributed by atoms with E-state index in [9.17, 15) is 0 Å². The van der Waals surface area contributed by atoms with Gasteiger partial charge in [-0.15, -0.1) is 11.3 Å². The molecular formula is C15H21N3S. The minimum absolute atomic E-state index is 0.369. The number of hydrogen-bond acceptors (Lipinski definition) is 4. The molecule has 1 unspecified atom stereocenters. The summed E-state index contributed by atoms with van der Waals surface area (Å²) in [4.78, 5) is 10.2. The van der Waals surface area contributed by atoms with Gasteiger partial charge in [-0.25, -0.2) is 4.98 Å². The number of hydrogen-bond donors (Lipinski definition) is 1. The van der Waals surface area contributed by atoms with Gasteiger partial charge in [-0.1, -0.05) is 6.92 Å². The Kier molecular flexibility index (Phi) is 4.66. The van der Waals surface area contributed by atoms with E-state index in [1.165, 1.54) is 16.0 Å². The Bertz CT molecular complexity index is 548. The van der Waals surface area contributed by atoms with Gasteiger partial charge in [0.1, 0.15) is 5.01 Å². The summed E-state index contributed by atoms with van der Waals surface area (Å²) in [5.41, 5.74) is 3.50. The first-order valence-electron chi connectivity index (χ1n) is 6.75. The zero-order chi connectivity index (χ0) is 13.8. The average molecular weight is 275 g/mol. The maximum absolute atomic E-state index is 4.72. The SMILES string of the molecule is CCCNC(C)c1sc(-c2ccncc2C)nc1C. The van der Waals surface area contributed by atoms with Crippen molar-refractivity contribution in [2.45, 2.75) is 40.2 Å². The van der Waals surface area contributed by atoms with Gasteiger partial charge >= 0.3 is 0 Å². The second-order valence-electron chi connectivity index (χ2n) is 4.84. The minimum atomic E-state index is 0.369. The fourth-order valence-electron chi connectivity index (χ4n) is 2.09. The summed E-state index contributed by atoms with van der Waals surface area (Å²) < 4.78 is 0. The lowest BCUT2D eigenvalue weighted by Crippen LogP contribution is -2.18. The van der Waals surface area contributed by atoms with Gasteiger partial charge in [0.25, 0.3) is 0 Å². The number of nitrogens with zero attached hydrogens (tertiary/aromatic N) is 2. The second kappa shape index (κ2) is 6.26. The van der Waals surface area contributed by atoms with Gasteiger partial charge in [0.2, 0.25) is 0 Å². The van der Waals surface area contributed by atoms with Crippen LogP contribution < -0.4 is 5.32 Å². The van der Waals surface area contributed by atoms with Gasteiger partial charge in [-0.2, -0.15) is 0 Å². The van der Waals surface area contributed by atoms with E-state index in [0.29, 0.717) is 6.04 Å². The van der Waals surface area contributed by atoms with Crippen LogP contribution in [0.3, 0.4) is 0 Å². The van der Waals surface area contributed by atoms with E-state index >= 15 is 0 Å². The fraction of sp³-hybridized carbons (Fsp3) is 0.467. The molecule has 0 amide bonds. The molecular weight excluding hydrogens is 254 g/mol. The maximum Gasteiger partial charge on any atom is 0.124 e. The van der Waals surface area contributed by atoms with Crippen LogP contribution in [0, 0.1) is 13.8 Å². The van der Waals surface area contributed by atoms with Crippen molar-refractivity contribution >= 4 is 11.3 Å². The summed E-state index contributed by atoms with van der Waals surface area (Å²) in [7, 11) is 0. The third kappa shape index (κ3) is 3.19. The van der Waals surface area contributed by atoms with Gasteiger partial charge in [-0.3, -0.25) is 4.98 Å². The topological polar surface area (TPSA) is 37.8 Å². The highest BCUT2D eigenvalue weighted by Crippen LogP contribution is 2.32. The molecule has 0 aromatic carbocycles.